The molecule has 0 amide bonds. The van der Waals surface area contributed by atoms with Crippen LogP contribution in [0.3, 0.4) is 0 Å². The molecule has 0 saturated carbocycles. The zero-order chi connectivity index (χ0) is 10.5. The fraction of sp³-hybridized carbons (Fsp3) is 0.909. The molecule has 2 nitrogen and oxygen atoms in total. The van der Waals surface area contributed by atoms with Crippen LogP contribution in [-0.4, -0.2) is 12.6 Å². The van der Waals surface area contributed by atoms with Crippen molar-refractivity contribution in [3.05, 3.63) is 0 Å². The highest BCUT2D eigenvalue weighted by Crippen LogP contribution is 2.28. The van der Waals surface area contributed by atoms with Gasteiger partial charge in [0.15, 0.2) is 0 Å². The Labute approximate surface area is 81.7 Å². The van der Waals surface area contributed by atoms with Crippen LogP contribution in [0.15, 0.2) is 0 Å². The maximum absolute atomic E-state index is 10.5. The van der Waals surface area contributed by atoms with Crippen LogP contribution in [0.4, 0.5) is 0 Å². The molecular weight excluding hydrogens is 164 g/mol. The van der Waals surface area contributed by atoms with Gasteiger partial charge in [0.1, 0.15) is 0 Å². The van der Waals surface area contributed by atoms with E-state index in [1.165, 1.54) is 6.92 Å². The van der Waals surface area contributed by atoms with Gasteiger partial charge in [0.05, 0.1) is 6.61 Å². The van der Waals surface area contributed by atoms with Crippen LogP contribution in [0, 0.1) is 11.3 Å². The number of carbonyl (C=O) groups excluding carboxylic acids is 1. The molecule has 0 spiro atoms. The van der Waals surface area contributed by atoms with Gasteiger partial charge in [-0.2, -0.15) is 0 Å². The fourth-order valence-electron chi connectivity index (χ4n) is 1.04. The van der Waals surface area contributed by atoms with Gasteiger partial charge >= 0.3 is 5.97 Å². The zero-order valence-corrected chi connectivity index (χ0v) is 9.52. The first-order chi connectivity index (χ1) is 5.84. The summed E-state index contributed by atoms with van der Waals surface area (Å²) in [6.45, 7) is 11.0. The largest absolute Gasteiger partial charge is 0.466 e. The summed E-state index contributed by atoms with van der Waals surface area (Å²) in [6, 6.07) is 0. The zero-order valence-electron chi connectivity index (χ0n) is 9.52. The highest BCUT2D eigenvalue weighted by molar-refractivity contribution is 5.65. The van der Waals surface area contributed by atoms with Crippen LogP contribution in [-0.2, 0) is 9.53 Å². The Hall–Kier alpha value is -0.530. The van der Waals surface area contributed by atoms with E-state index in [2.05, 4.69) is 27.7 Å². The molecule has 0 bridgehead atoms. The molecule has 0 heterocycles. The van der Waals surface area contributed by atoms with Crippen LogP contribution in [0.5, 0.6) is 0 Å². The lowest BCUT2D eigenvalue weighted by atomic mass is 9.79. The maximum Gasteiger partial charge on any atom is 0.302 e. The van der Waals surface area contributed by atoms with Gasteiger partial charge in [-0.3, -0.25) is 4.79 Å². The van der Waals surface area contributed by atoms with Crippen molar-refractivity contribution in [2.24, 2.45) is 11.3 Å². The maximum atomic E-state index is 10.5. The lowest BCUT2D eigenvalue weighted by Gasteiger charge is -2.27. The Balaban J connectivity index is 3.49. The van der Waals surface area contributed by atoms with Crippen molar-refractivity contribution < 1.29 is 9.53 Å². The Morgan fingerprint density at radius 3 is 2.31 bits per heavy atom. The van der Waals surface area contributed by atoms with Gasteiger partial charge in [-0.15, -0.1) is 0 Å². The smallest absolute Gasteiger partial charge is 0.302 e. The molecule has 2 heteroatoms. The minimum absolute atomic E-state index is 0.177. The molecule has 0 aromatic carbocycles. The average molecular weight is 186 g/mol. The van der Waals surface area contributed by atoms with Crippen molar-refractivity contribution >= 4 is 5.97 Å². The van der Waals surface area contributed by atoms with Gasteiger partial charge in [0.2, 0.25) is 0 Å². The van der Waals surface area contributed by atoms with E-state index in [1.54, 1.807) is 0 Å². The predicted octanol–water partition coefficient (Wildman–Crippen LogP) is 3.01. The normalized spacial score (nSPS) is 13.9. The van der Waals surface area contributed by atoms with E-state index in [4.69, 9.17) is 4.74 Å². The third kappa shape index (κ3) is 6.62. The van der Waals surface area contributed by atoms with E-state index >= 15 is 0 Å². The van der Waals surface area contributed by atoms with E-state index in [1.807, 2.05) is 0 Å². The molecule has 1 atom stereocenters. The molecule has 78 valence electrons. The van der Waals surface area contributed by atoms with Crippen LogP contribution in [0.1, 0.15) is 47.5 Å². The molecule has 0 aliphatic carbocycles. The molecule has 0 radical (unpaired) electrons. The van der Waals surface area contributed by atoms with Gasteiger partial charge in [-0.05, 0) is 24.2 Å². The topological polar surface area (TPSA) is 26.3 Å². The van der Waals surface area contributed by atoms with E-state index < -0.39 is 0 Å². The van der Waals surface area contributed by atoms with Crippen LogP contribution in [0.2, 0.25) is 0 Å². The Morgan fingerprint density at radius 2 is 1.92 bits per heavy atom. The van der Waals surface area contributed by atoms with Gasteiger partial charge in [0, 0.05) is 6.92 Å². The Bertz CT molecular complexity index is 156. The van der Waals surface area contributed by atoms with Gasteiger partial charge in [-0.25, -0.2) is 0 Å². The molecular formula is C11H22O2. The van der Waals surface area contributed by atoms with Crippen molar-refractivity contribution in [2.75, 3.05) is 6.61 Å². The lowest BCUT2D eigenvalue weighted by molar-refractivity contribution is -0.141. The van der Waals surface area contributed by atoms with Crippen molar-refractivity contribution in [3.8, 4) is 0 Å². The van der Waals surface area contributed by atoms with Crippen LogP contribution >= 0.6 is 0 Å². The van der Waals surface area contributed by atoms with Gasteiger partial charge in [0.25, 0.3) is 0 Å². The van der Waals surface area contributed by atoms with Crippen LogP contribution < -0.4 is 0 Å². The summed E-state index contributed by atoms with van der Waals surface area (Å²) in [4.78, 5) is 10.5. The van der Waals surface area contributed by atoms with E-state index in [9.17, 15) is 4.79 Å². The standard InChI is InChI=1S/C11H22O2/c1-9(11(3,4)5)7-6-8-13-10(2)12/h9H,6-8H2,1-5H3/t9-/m1/s1. The van der Waals surface area contributed by atoms with Gasteiger partial charge < -0.3 is 4.74 Å². The molecule has 0 aromatic rings. The summed E-state index contributed by atoms with van der Waals surface area (Å²) < 4.78 is 4.87. The first-order valence-electron chi connectivity index (χ1n) is 4.97. The highest BCUT2D eigenvalue weighted by Gasteiger charge is 2.19. The molecule has 0 aliphatic heterocycles. The number of hydrogen-bond acceptors (Lipinski definition) is 2. The third-order valence-electron chi connectivity index (χ3n) is 2.57. The Kier molecular flexibility index (Phi) is 5.04. The number of esters is 1. The molecule has 0 N–H and O–H groups in total. The molecule has 0 aromatic heterocycles. The monoisotopic (exact) mass is 186 g/mol. The second-order valence-corrected chi connectivity index (χ2v) is 4.75. The fourth-order valence-corrected chi connectivity index (χ4v) is 1.04. The Morgan fingerprint density at radius 1 is 1.38 bits per heavy atom. The average Bonchev–Trinajstić information content (AvgIpc) is 1.95. The predicted molar refractivity (Wildman–Crippen MR) is 54.5 cm³/mol. The first-order valence-corrected chi connectivity index (χ1v) is 4.97. The molecule has 0 aliphatic rings. The minimum atomic E-state index is -0.177. The molecule has 0 saturated heterocycles. The summed E-state index contributed by atoms with van der Waals surface area (Å²) in [5, 5.41) is 0. The van der Waals surface area contributed by atoms with Crippen molar-refractivity contribution in [1.82, 2.24) is 0 Å². The van der Waals surface area contributed by atoms with Gasteiger partial charge in [-0.1, -0.05) is 27.7 Å². The quantitative estimate of drug-likeness (QED) is 0.498. The second kappa shape index (κ2) is 5.25. The summed E-state index contributed by atoms with van der Waals surface area (Å²) in [7, 11) is 0. The van der Waals surface area contributed by atoms with E-state index in [-0.39, 0.29) is 5.97 Å². The second-order valence-electron chi connectivity index (χ2n) is 4.75. The lowest BCUT2D eigenvalue weighted by Crippen LogP contribution is -2.17. The molecule has 0 fully saturated rings. The SMILES string of the molecule is CC(=O)OCCC[C@@H](C)C(C)(C)C. The number of ether oxygens (including phenoxy) is 1. The number of rotatable bonds is 4. The summed E-state index contributed by atoms with van der Waals surface area (Å²) in [6.07, 6.45) is 2.09. The molecule has 13 heavy (non-hydrogen) atoms. The van der Waals surface area contributed by atoms with Crippen LogP contribution in [0.25, 0.3) is 0 Å². The van der Waals surface area contributed by atoms with E-state index in [0.717, 1.165) is 12.8 Å². The third-order valence-corrected chi connectivity index (χ3v) is 2.57. The van der Waals surface area contributed by atoms with Crippen molar-refractivity contribution in [1.29, 1.82) is 0 Å². The number of hydrogen-bond donors (Lipinski definition) is 0. The highest BCUT2D eigenvalue weighted by atomic mass is 16.5. The van der Waals surface area contributed by atoms with Crippen molar-refractivity contribution in [3.63, 3.8) is 0 Å². The molecule has 0 unspecified atom stereocenters. The van der Waals surface area contributed by atoms with E-state index in [0.29, 0.717) is 17.9 Å². The minimum Gasteiger partial charge on any atom is -0.466 e. The number of carbonyl (C=O) groups is 1. The molecule has 0 rings (SSSR count). The van der Waals surface area contributed by atoms with Crippen molar-refractivity contribution in [2.45, 2.75) is 47.5 Å². The summed E-state index contributed by atoms with van der Waals surface area (Å²) >= 11 is 0. The first kappa shape index (κ1) is 12.5. The summed E-state index contributed by atoms with van der Waals surface area (Å²) in [5.41, 5.74) is 0.357. The summed E-state index contributed by atoms with van der Waals surface area (Å²) in [5.74, 6) is 0.492.